The molecule has 0 aromatic carbocycles. The topological polar surface area (TPSA) is 55.0 Å². The molecule has 2 aromatic heterocycles. The highest BCUT2D eigenvalue weighted by Gasteiger charge is 2.09. The molecular formula is C16H22N4. The summed E-state index contributed by atoms with van der Waals surface area (Å²) in [4.78, 5) is 11.4. The van der Waals surface area contributed by atoms with Gasteiger partial charge in [0, 0.05) is 24.5 Å². The fourth-order valence-corrected chi connectivity index (χ4v) is 2.21. The zero-order valence-electron chi connectivity index (χ0n) is 12.4. The Morgan fingerprint density at radius 1 is 1.10 bits per heavy atom. The molecule has 106 valence electrons. The van der Waals surface area contributed by atoms with Crippen molar-refractivity contribution < 1.29 is 0 Å². The van der Waals surface area contributed by atoms with E-state index in [4.69, 9.17) is 5.73 Å². The van der Waals surface area contributed by atoms with Crippen LogP contribution in [0.5, 0.6) is 0 Å². The monoisotopic (exact) mass is 270 g/mol. The Labute approximate surface area is 120 Å². The van der Waals surface area contributed by atoms with Crippen LogP contribution in [-0.2, 0) is 13.1 Å². The first-order valence-electron chi connectivity index (χ1n) is 6.98. The van der Waals surface area contributed by atoms with E-state index in [1.165, 1.54) is 0 Å². The molecule has 2 N–H and O–H groups in total. The third kappa shape index (κ3) is 3.33. The predicted octanol–water partition coefficient (Wildman–Crippen LogP) is 2.58. The van der Waals surface area contributed by atoms with Crippen molar-refractivity contribution >= 4 is 5.82 Å². The number of pyridine rings is 2. The molecule has 0 bridgehead atoms. The predicted molar refractivity (Wildman–Crippen MR) is 82.6 cm³/mol. The molecule has 0 radical (unpaired) electrons. The molecule has 0 aliphatic carbocycles. The van der Waals surface area contributed by atoms with Crippen molar-refractivity contribution in [2.45, 2.75) is 33.9 Å². The lowest BCUT2D eigenvalue weighted by atomic mass is 10.2. The van der Waals surface area contributed by atoms with Gasteiger partial charge in [0.2, 0.25) is 0 Å². The molecule has 2 heterocycles. The first kappa shape index (κ1) is 14.5. The summed E-state index contributed by atoms with van der Waals surface area (Å²) in [6.45, 7) is 8.34. The van der Waals surface area contributed by atoms with Crippen LogP contribution in [0.25, 0.3) is 0 Å². The second-order valence-electron chi connectivity index (χ2n) is 4.90. The Balaban J connectivity index is 2.22. The second-order valence-corrected chi connectivity index (χ2v) is 4.90. The summed E-state index contributed by atoms with van der Waals surface area (Å²) in [6.07, 6.45) is 0. The summed E-state index contributed by atoms with van der Waals surface area (Å²) >= 11 is 0. The fraction of sp³-hybridized carbons (Fsp3) is 0.375. The number of hydrogen-bond donors (Lipinski definition) is 1. The Bertz CT molecular complexity index is 580. The van der Waals surface area contributed by atoms with E-state index < -0.39 is 0 Å². The van der Waals surface area contributed by atoms with Gasteiger partial charge in [-0.15, -0.1) is 0 Å². The van der Waals surface area contributed by atoms with E-state index >= 15 is 0 Å². The third-order valence-corrected chi connectivity index (χ3v) is 3.41. The van der Waals surface area contributed by atoms with Gasteiger partial charge in [-0.1, -0.05) is 12.1 Å². The van der Waals surface area contributed by atoms with Crippen molar-refractivity contribution in [3.8, 4) is 0 Å². The summed E-state index contributed by atoms with van der Waals surface area (Å²) in [7, 11) is 0. The summed E-state index contributed by atoms with van der Waals surface area (Å²) < 4.78 is 0. The lowest BCUT2D eigenvalue weighted by molar-refractivity contribution is 0.786. The average Bonchev–Trinajstić information content (AvgIpc) is 2.44. The number of hydrogen-bond acceptors (Lipinski definition) is 4. The van der Waals surface area contributed by atoms with Crippen LogP contribution in [0.4, 0.5) is 5.82 Å². The van der Waals surface area contributed by atoms with E-state index in [0.717, 1.165) is 41.6 Å². The van der Waals surface area contributed by atoms with E-state index in [9.17, 15) is 0 Å². The Morgan fingerprint density at radius 2 is 1.90 bits per heavy atom. The third-order valence-electron chi connectivity index (χ3n) is 3.41. The summed E-state index contributed by atoms with van der Waals surface area (Å²) in [6, 6.07) is 10.2. The minimum Gasteiger partial charge on any atom is -0.351 e. The number of aromatic nitrogens is 2. The van der Waals surface area contributed by atoms with Crippen LogP contribution in [0.1, 0.15) is 29.6 Å². The van der Waals surface area contributed by atoms with Gasteiger partial charge in [-0.3, -0.25) is 4.98 Å². The van der Waals surface area contributed by atoms with Gasteiger partial charge in [-0.25, -0.2) is 4.98 Å². The molecule has 0 fully saturated rings. The fourth-order valence-electron chi connectivity index (χ4n) is 2.21. The van der Waals surface area contributed by atoms with Crippen LogP contribution in [0, 0.1) is 13.8 Å². The zero-order valence-corrected chi connectivity index (χ0v) is 12.4. The second kappa shape index (κ2) is 6.48. The van der Waals surface area contributed by atoms with E-state index in [1.807, 2.05) is 32.0 Å². The lowest BCUT2D eigenvalue weighted by Crippen LogP contribution is -2.24. The van der Waals surface area contributed by atoms with Gasteiger partial charge < -0.3 is 10.6 Å². The largest absolute Gasteiger partial charge is 0.351 e. The van der Waals surface area contributed by atoms with Gasteiger partial charge in [-0.05, 0) is 44.5 Å². The minimum absolute atomic E-state index is 0.532. The van der Waals surface area contributed by atoms with Crippen molar-refractivity contribution in [3.05, 3.63) is 53.0 Å². The highest BCUT2D eigenvalue weighted by Crippen LogP contribution is 2.16. The average molecular weight is 270 g/mol. The Kier molecular flexibility index (Phi) is 4.69. The molecule has 0 atom stereocenters. The van der Waals surface area contributed by atoms with Crippen LogP contribution in [-0.4, -0.2) is 16.5 Å². The molecule has 0 amide bonds. The summed E-state index contributed by atoms with van der Waals surface area (Å²) in [5.74, 6) is 0.977. The summed E-state index contributed by atoms with van der Waals surface area (Å²) in [5, 5.41) is 0. The van der Waals surface area contributed by atoms with E-state index in [2.05, 4.69) is 33.9 Å². The number of nitrogens with two attached hydrogens (primary N) is 1. The van der Waals surface area contributed by atoms with E-state index in [1.54, 1.807) is 0 Å². The van der Waals surface area contributed by atoms with Crippen molar-refractivity contribution in [1.82, 2.24) is 9.97 Å². The highest BCUT2D eigenvalue weighted by molar-refractivity contribution is 5.42. The maximum atomic E-state index is 5.69. The summed E-state index contributed by atoms with van der Waals surface area (Å²) in [5.41, 5.74) is 9.89. The van der Waals surface area contributed by atoms with Crippen molar-refractivity contribution in [2.24, 2.45) is 5.73 Å². The standard InChI is InChI=1S/C16H22N4/c1-4-20(11-15-7-5-6-12(2)18-15)16-9-8-14(10-17)13(3)19-16/h5-9H,4,10-11,17H2,1-3H3. The molecule has 2 rings (SSSR count). The number of nitrogens with zero attached hydrogens (tertiary/aromatic N) is 3. The number of anilines is 1. The molecule has 20 heavy (non-hydrogen) atoms. The maximum Gasteiger partial charge on any atom is 0.129 e. The molecular weight excluding hydrogens is 248 g/mol. The van der Waals surface area contributed by atoms with Crippen LogP contribution in [0.15, 0.2) is 30.3 Å². The Hall–Kier alpha value is -1.94. The molecule has 0 spiro atoms. The molecule has 0 saturated heterocycles. The normalized spacial score (nSPS) is 10.6. The molecule has 0 saturated carbocycles. The molecule has 2 aromatic rings. The Morgan fingerprint density at radius 3 is 2.50 bits per heavy atom. The minimum atomic E-state index is 0.532. The molecule has 0 unspecified atom stereocenters. The van der Waals surface area contributed by atoms with Gasteiger partial charge >= 0.3 is 0 Å². The zero-order chi connectivity index (χ0) is 14.5. The molecule has 0 aliphatic heterocycles. The van der Waals surface area contributed by atoms with Crippen LogP contribution in [0.2, 0.25) is 0 Å². The SMILES string of the molecule is CCN(Cc1cccc(C)n1)c1ccc(CN)c(C)n1. The quantitative estimate of drug-likeness (QED) is 0.907. The van der Waals surface area contributed by atoms with Crippen LogP contribution >= 0.6 is 0 Å². The maximum absolute atomic E-state index is 5.69. The lowest BCUT2D eigenvalue weighted by Gasteiger charge is -2.22. The number of rotatable bonds is 5. The van der Waals surface area contributed by atoms with Gasteiger partial charge in [0.05, 0.1) is 12.2 Å². The van der Waals surface area contributed by atoms with E-state index in [-0.39, 0.29) is 0 Å². The number of aryl methyl sites for hydroxylation is 2. The van der Waals surface area contributed by atoms with E-state index in [0.29, 0.717) is 6.54 Å². The first-order valence-corrected chi connectivity index (χ1v) is 6.98. The van der Waals surface area contributed by atoms with Gasteiger partial charge in [-0.2, -0.15) is 0 Å². The van der Waals surface area contributed by atoms with Crippen LogP contribution < -0.4 is 10.6 Å². The van der Waals surface area contributed by atoms with Gasteiger partial charge in [0.15, 0.2) is 0 Å². The van der Waals surface area contributed by atoms with Gasteiger partial charge in [0.25, 0.3) is 0 Å². The highest BCUT2D eigenvalue weighted by atomic mass is 15.2. The van der Waals surface area contributed by atoms with Gasteiger partial charge in [0.1, 0.15) is 5.82 Å². The van der Waals surface area contributed by atoms with Crippen molar-refractivity contribution in [2.75, 3.05) is 11.4 Å². The molecule has 4 nitrogen and oxygen atoms in total. The van der Waals surface area contributed by atoms with Crippen molar-refractivity contribution in [1.29, 1.82) is 0 Å². The first-order chi connectivity index (χ1) is 9.63. The molecule has 0 aliphatic rings. The van der Waals surface area contributed by atoms with Crippen LogP contribution in [0.3, 0.4) is 0 Å². The smallest absolute Gasteiger partial charge is 0.129 e. The van der Waals surface area contributed by atoms with Crippen molar-refractivity contribution in [3.63, 3.8) is 0 Å². The molecule has 4 heteroatoms.